The summed E-state index contributed by atoms with van der Waals surface area (Å²) < 4.78 is 13.0. The van der Waals surface area contributed by atoms with Crippen molar-refractivity contribution in [2.75, 3.05) is 17.2 Å². The number of halogens is 2. The zero-order chi connectivity index (χ0) is 15.2. The van der Waals surface area contributed by atoms with Crippen molar-refractivity contribution in [1.82, 2.24) is 0 Å². The second-order valence-corrected chi connectivity index (χ2v) is 4.65. The van der Waals surface area contributed by atoms with Gasteiger partial charge >= 0.3 is 0 Å². The summed E-state index contributed by atoms with van der Waals surface area (Å²) in [7, 11) is 0. The van der Waals surface area contributed by atoms with Gasteiger partial charge in [0.2, 0.25) is 5.91 Å². The van der Waals surface area contributed by atoms with Crippen molar-refractivity contribution in [3.05, 3.63) is 58.9 Å². The van der Waals surface area contributed by atoms with E-state index in [1.165, 1.54) is 12.1 Å². The topological polar surface area (TPSA) is 64.9 Å². The molecule has 0 radical (unpaired) electrons. The summed E-state index contributed by atoms with van der Waals surface area (Å²) in [4.78, 5) is 11.8. The van der Waals surface area contributed by atoms with Gasteiger partial charge in [0, 0.05) is 10.7 Å². The van der Waals surface area contributed by atoms with Crippen LogP contribution in [0.25, 0.3) is 0 Å². The van der Waals surface area contributed by atoms with Gasteiger partial charge in [-0.2, -0.15) is 5.26 Å². The lowest BCUT2D eigenvalue weighted by Gasteiger charge is -2.09. The van der Waals surface area contributed by atoms with Gasteiger partial charge in [-0.1, -0.05) is 11.6 Å². The molecule has 1 amide bonds. The molecule has 2 rings (SSSR count). The van der Waals surface area contributed by atoms with Crippen LogP contribution in [0.3, 0.4) is 0 Å². The van der Waals surface area contributed by atoms with Crippen LogP contribution in [0, 0.1) is 17.1 Å². The minimum absolute atomic E-state index is 0.0388. The minimum atomic E-state index is -0.497. The summed E-state index contributed by atoms with van der Waals surface area (Å²) in [5, 5.41) is 14.9. The maximum atomic E-state index is 13.0. The van der Waals surface area contributed by atoms with Crippen LogP contribution in [-0.2, 0) is 4.79 Å². The van der Waals surface area contributed by atoms with Crippen molar-refractivity contribution >= 4 is 28.9 Å². The molecule has 2 N–H and O–H groups in total. The van der Waals surface area contributed by atoms with Gasteiger partial charge in [-0.3, -0.25) is 4.79 Å². The fourth-order valence-corrected chi connectivity index (χ4v) is 1.80. The zero-order valence-electron chi connectivity index (χ0n) is 10.9. The number of nitriles is 1. The van der Waals surface area contributed by atoms with Gasteiger partial charge in [0.1, 0.15) is 11.9 Å². The quantitative estimate of drug-likeness (QED) is 0.910. The molecule has 0 aliphatic heterocycles. The molecule has 6 heteroatoms. The fraction of sp³-hybridized carbons (Fsp3) is 0.0667. The van der Waals surface area contributed by atoms with E-state index in [1.54, 1.807) is 24.3 Å². The predicted octanol–water partition coefficient (Wildman–Crippen LogP) is 3.40. The van der Waals surface area contributed by atoms with E-state index in [-0.39, 0.29) is 18.0 Å². The molecule has 106 valence electrons. The third kappa shape index (κ3) is 4.20. The number of hydrogen-bond acceptors (Lipinski definition) is 3. The second-order valence-electron chi connectivity index (χ2n) is 4.21. The van der Waals surface area contributed by atoms with Crippen LogP contribution >= 0.6 is 11.6 Å². The first kappa shape index (κ1) is 14.8. The predicted molar refractivity (Wildman–Crippen MR) is 79.7 cm³/mol. The Morgan fingerprint density at radius 2 is 1.95 bits per heavy atom. The molecule has 0 spiro atoms. The summed E-state index contributed by atoms with van der Waals surface area (Å²) in [6.07, 6.45) is 0. The Hall–Kier alpha value is -2.58. The molecular weight excluding hydrogens is 293 g/mol. The van der Waals surface area contributed by atoms with Crippen LogP contribution in [0.5, 0.6) is 0 Å². The van der Waals surface area contributed by atoms with Crippen LogP contribution in [0.2, 0.25) is 5.02 Å². The molecule has 0 saturated carbocycles. The molecule has 0 fully saturated rings. The highest BCUT2D eigenvalue weighted by Crippen LogP contribution is 2.16. The van der Waals surface area contributed by atoms with Crippen molar-refractivity contribution < 1.29 is 9.18 Å². The van der Waals surface area contributed by atoms with Crippen molar-refractivity contribution in [1.29, 1.82) is 5.26 Å². The maximum Gasteiger partial charge on any atom is 0.243 e. The lowest BCUT2D eigenvalue weighted by molar-refractivity contribution is -0.114. The average Bonchev–Trinajstić information content (AvgIpc) is 2.48. The average molecular weight is 304 g/mol. The first-order chi connectivity index (χ1) is 10.1. The largest absolute Gasteiger partial charge is 0.375 e. The molecule has 0 atom stereocenters. The van der Waals surface area contributed by atoms with Gasteiger partial charge in [-0.25, -0.2) is 4.39 Å². The SMILES string of the molecule is N#Cc1cc(F)ccc1NCC(=O)Nc1ccc(Cl)cc1. The van der Waals surface area contributed by atoms with E-state index in [0.717, 1.165) is 6.07 Å². The van der Waals surface area contributed by atoms with Crippen molar-refractivity contribution in [2.45, 2.75) is 0 Å². The Morgan fingerprint density at radius 1 is 1.24 bits per heavy atom. The molecule has 0 heterocycles. The molecule has 0 unspecified atom stereocenters. The minimum Gasteiger partial charge on any atom is -0.375 e. The van der Waals surface area contributed by atoms with Gasteiger partial charge in [-0.15, -0.1) is 0 Å². The Morgan fingerprint density at radius 3 is 2.62 bits per heavy atom. The monoisotopic (exact) mass is 303 g/mol. The first-order valence-electron chi connectivity index (χ1n) is 6.07. The molecule has 4 nitrogen and oxygen atoms in total. The lowest BCUT2D eigenvalue weighted by Crippen LogP contribution is -2.22. The van der Waals surface area contributed by atoms with Crippen LogP contribution in [0.1, 0.15) is 5.56 Å². The third-order valence-corrected chi connectivity index (χ3v) is 2.92. The highest BCUT2D eigenvalue weighted by molar-refractivity contribution is 6.30. The summed E-state index contributed by atoms with van der Waals surface area (Å²) in [6.45, 7) is -0.0388. The number of hydrogen-bond donors (Lipinski definition) is 2. The fourth-order valence-electron chi connectivity index (χ4n) is 1.68. The van der Waals surface area contributed by atoms with E-state index >= 15 is 0 Å². The third-order valence-electron chi connectivity index (χ3n) is 2.67. The number of carbonyl (C=O) groups is 1. The number of nitrogens with one attached hydrogen (secondary N) is 2. The molecule has 2 aromatic carbocycles. The second kappa shape index (κ2) is 6.73. The molecule has 0 aromatic heterocycles. The molecule has 0 aliphatic carbocycles. The Balaban J connectivity index is 1.95. The lowest BCUT2D eigenvalue weighted by atomic mass is 10.2. The van der Waals surface area contributed by atoms with E-state index in [9.17, 15) is 9.18 Å². The summed E-state index contributed by atoms with van der Waals surface area (Å²) in [5.41, 5.74) is 1.17. The molecule has 21 heavy (non-hydrogen) atoms. The standard InChI is InChI=1S/C15H11ClFN3O/c16-11-1-4-13(5-2-11)20-15(21)9-19-14-6-3-12(17)7-10(14)8-18/h1-7,19H,9H2,(H,20,21). The molecule has 2 aromatic rings. The van der Waals surface area contributed by atoms with Gasteiger partial charge in [0.25, 0.3) is 0 Å². The number of benzene rings is 2. The summed E-state index contributed by atoms with van der Waals surface area (Å²) in [5.74, 6) is -0.784. The number of carbonyl (C=O) groups excluding carboxylic acids is 1. The van der Waals surface area contributed by atoms with Crippen LogP contribution < -0.4 is 10.6 Å². The van der Waals surface area contributed by atoms with Gasteiger partial charge < -0.3 is 10.6 Å². The number of nitrogens with zero attached hydrogens (tertiary/aromatic N) is 1. The van der Waals surface area contributed by atoms with E-state index in [1.807, 2.05) is 6.07 Å². The van der Waals surface area contributed by atoms with E-state index in [2.05, 4.69) is 10.6 Å². The van der Waals surface area contributed by atoms with Gasteiger partial charge in [0.05, 0.1) is 17.8 Å². The smallest absolute Gasteiger partial charge is 0.243 e. The first-order valence-corrected chi connectivity index (χ1v) is 6.45. The Bertz CT molecular complexity index is 695. The van der Waals surface area contributed by atoms with Crippen LogP contribution in [0.4, 0.5) is 15.8 Å². The normalized spacial score (nSPS) is 9.76. The molecule has 0 aliphatic rings. The van der Waals surface area contributed by atoms with Gasteiger partial charge in [-0.05, 0) is 42.5 Å². The molecular formula is C15H11ClFN3O. The summed E-state index contributed by atoms with van der Waals surface area (Å²) in [6, 6.07) is 12.3. The van der Waals surface area contributed by atoms with E-state index < -0.39 is 5.82 Å². The van der Waals surface area contributed by atoms with E-state index in [4.69, 9.17) is 16.9 Å². The Labute approximate surface area is 126 Å². The number of amides is 1. The van der Waals surface area contributed by atoms with Crippen molar-refractivity contribution in [3.63, 3.8) is 0 Å². The van der Waals surface area contributed by atoms with E-state index in [0.29, 0.717) is 16.4 Å². The van der Waals surface area contributed by atoms with Gasteiger partial charge in [0.15, 0.2) is 0 Å². The summed E-state index contributed by atoms with van der Waals surface area (Å²) >= 11 is 5.75. The van der Waals surface area contributed by atoms with Crippen LogP contribution in [-0.4, -0.2) is 12.5 Å². The Kier molecular flexibility index (Phi) is 4.75. The zero-order valence-corrected chi connectivity index (χ0v) is 11.6. The molecule has 0 bridgehead atoms. The maximum absolute atomic E-state index is 13.0. The van der Waals surface area contributed by atoms with Crippen molar-refractivity contribution in [2.24, 2.45) is 0 Å². The van der Waals surface area contributed by atoms with Crippen LogP contribution in [0.15, 0.2) is 42.5 Å². The number of anilines is 2. The highest BCUT2D eigenvalue weighted by atomic mass is 35.5. The molecule has 0 saturated heterocycles. The highest BCUT2D eigenvalue weighted by Gasteiger charge is 2.06. The number of rotatable bonds is 4. The van der Waals surface area contributed by atoms with Crippen molar-refractivity contribution in [3.8, 4) is 6.07 Å².